The van der Waals surface area contributed by atoms with E-state index in [-0.39, 0.29) is 5.75 Å². The molecule has 2 aromatic heterocycles. The normalized spacial score (nSPS) is 21.4. The Bertz CT molecular complexity index is 1260. The summed E-state index contributed by atoms with van der Waals surface area (Å²) in [5.74, 6) is 1.13. The van der Waals surface area contributed by atoms with Crippen molar-refractivity contribution in [3.05, 3.63) is 41.9 Å². The highest BCUT2D eigenvalue weighted by Crippen LogP contribution is 2.43. The van der Waals surface area contributed by atoms with Crippen LogP contribution in [0.2, 0.25) is 0 Å². The summed E-state index contributed by atoms with van der Waals surface area (Å²) < 4.78 is 25.1. The van der Waals surface area contributed by atoms with Gasteiger partial charge in [-0.1, -0.05) is 23.8 Å². The summed E-state index contributed by atoms with van der Waals surface area (Å²) in [6.45, 7) is 5.69. The molecular weight excluding hydrogens is 424 g/mol. The van der Waals surface area contributed by atoms with Crippen molar-refractivity contribution in [3.63, 3.8) is 0 Å². The zero-order chi connectivity index (χ0) is 22.5. The molecule has 8 nitrogen and oxygen atoms in total. The Morgan fingerprint density at radius 2 is 1.94 bits per heavy atom. The number of nitrogen functional groups attached to an aromatic ring is 1. The number of aromatic nitrogens is 3. The Morgan fingerprint density at radius 1 is 1.16 bits per heavy atom. The van der Waals surface area contributed by atoms with Gasteiger partial charge in [-0.2, -0.15) is 0 Å². The molecule has 1 aliphatic heterocycles. The average molecular weight is 455 g/mol. The van der Waals surface area contributed by atoms with Crippen LogP contribution >= 0.6 is 0 Å². The summed E-state index contributed by atoms with van der Waals surface area (Å²) in [5.41, 5.74) is 11.2. The van der Waals surface area contributed by atoms with E-state index in [2.05, 4.69) is 31.7 Å². The fraction of sp³-hybridized carbons (Fsp3) is 0.478. The molecule has 1 saturated heterocycles. The fourth-order valence-corrected chi connectivity index (χ4v) is 5.55. The van der Waals surface area contributed by atoms with Gasteiger partial charge in [0, 0.05) is 24.3 Å². The number of nitrogens with two attached hydrogens (primary N) is 2. The zero-order valence-corrected chi connectivity index (χ0v) is 19.2. The van der Waals surface area contributed by atoms with Gasteiger partial charge in [0.15, 0.2) is 0 Å². The number of hydrogen-bond donors (Lipinski definition) is 2. The topological polar surface area (TPSA) is 120 Å². The van der Waals surface area contributed by atoms with Gasteiger partial charge in [0.05, 0.1) is 11.1 Å². The van der Waals surface area contributed by atoms with Crippen LogP contribution in [0.3, 0.4) is 0 Å². The molecule has 1 aromatic carbocycles. The molecule has 2 fully saturated rings. The number of primary sulfonamides is 1. The van der Waals surface area contributed by atoms with E-state index in [1.807, 2.05) is 19.1 Å². The molecule has 0 radical (unpaired) electrons. The Labute approximate surface area is 188 Å². The standard InChI is InChI=1S/C23H30N6O2S/c1-15-7-16(3-6-32(25,30)31)9-18(8-15)20-13-29(23-21(20)22(24)26-14-27-23)19-10-17(11-19)12-28-4-2-5-28/h7-9,13-14,17,19H,2-6,10-12H2,1H3,(H2,24,26,27)(H2,25,30,31)/t17-,19+. The Hall–Kier alpha value is -2.49. The number of benzene rings is 1. The van der Waals surface area contributed by atoms with E-state index in [9.17, 15) is 8.42 Å². The van der Waals surface area contributed by atoms with Crippen molar-refractivity contribution in [2.45, 2.75) is 38.6 Å². The Balaban J connectivity index is 1.47. The van der Waals surface area contributed by atoms with Gasteiger partial charge in [-0.15, -0.1) is 0 Å². The van der Waals surface area contributed by atoms with Gasteiger partial charge in [0.1, 0.15) is 17.8 Å². The maximum absolute atomic E-state index is 11.4. The summed E-state index contributed by atoms with van der Waals surface area (Å²) >= 11 is 0. The predicted octanol–water partition coefficient (Wildman–Crippen LogP) is 2.48. The third-order valence-corrected chi connectivity index (χ3v) is 7.60. The van der Waals surface area contributed by atoms with Crippen LogP contribution in [0.5, 0.6) is 0 Å². The van der Waals surface area contributed by atoms with Crippen molar-refractivity contribution in [1.82, 2.24) is 19.4 Å². The van der Waals surface area contributed by atoms with Crippen LogP contribution in [-0.2, 0) is 16.4 Å². The SMILES string of the molecule is Cc1cc(CCS(N)(=O)=O)cc(-c2cn([C@H]3C[C@@H](CN4CCC4)C3)c3ncnc(N)c23)c1. The lowest BCUT2D eigenvalue weighted by Crippen LogP contribution is -2.43. The van der Waals surface area contributed by atoms with E-state index in [0.29, 0.717) is 18.3 Å². The summed E-state index contributed by atoms with van der Waals surface area (Å²) in [4.78, 5) is 11.4. The smallest absolute Gasteiger partial charge is 0.209 e. The van der Waals surface area contributed by atoms with E-state index in [1.165, 1.54) is 32.4 Å². The second-order valence-electron chi connectivity index (χ2n) is 9.38. The molecule has 5 rings (SSSR count). The first-order chi connectivity index (χ1) is 15.3. The maximum atomic E-state index is 11.4. The minimum Gasteiger partial charge on any atom is -0.383 e. The minimum atomic E-state index is -3.52. The lowest BCUT2D eigenvalue weighted by molar-refractivity contribution is 0.0921. The molecule has 32 heavy (non-hydrogen) atoms. The van der Waals surface area contributed by atoms with Crippen LogP contribution in [0.25, 0.3) is 22.2 Å². The quantitative estimate of drug-likeness (QED) is 0.566. The summed E-state index contributed by atoms with van der Waals surface area (Å²) in [6.07, 6.45) is 7.68. The summed E-state index contributed by atoms with van der Waals surface area (Å²) in [7, 11) is -3.52. The van der Waals surface area contributed by atoms with Crippen molar-refractivity contribution < 1.29 is 8.42 Å². The number of hydrogen-bond acceptors (Lipinski definition) is 6. The molecule has 3 heterocycles. The van der Waals surface area contributed by atoms with Crippen LogP contribution in [0, 0.1) is 12.8 Å². The number of rotatable bonds is 7. The lowest BCUT2D eigenvalue weighted by Gasteiger charge is -2.42. The van der Waals surface area contributed by atoms with Gasteiger partial charge in [0.25, 0.3) is 0 Å². The van der Waals surface area contributed by atoms with Gasteiger partial charge < -0.3 is 15.2 Å². The highest BCUT2D eigenvalue weighted by Gasteiger charge is 2.34. The average Bonchev–Trinajstić information content (AvgIpc) is 3.04. The van der Waals surface area contributed by atoms with Crippen LogP contribution in [0.4, 0.5) is 5.82 Å². The number of likely N-dealkylation sites (tertiary alicyclic amines) is 1. The Morgan fingerprint density at radius 3 is 2.62 bits per heavy atom. The molecule has 0 bridgehead atoms. The summed E-state index contributed by atoms with van der Waals surface area (Å²) in [6, 6.07) is 6.54. The first-order valence-corrected chi connectivity index (χ1v) is 12.9. The third-order valence-electron chi connectivity index (χ3n) is 6.83. The molecular formula is C23H30N6O2S. The second-order valence-corrected chi connectivity index (χ2v) is 11.1. The number of fused-ring (bicyclic) bond motifs is 1. The van der Waals surface area contributed by atoms with Gasteiger partial charge in [0.2, 0.25) is 10.0 Å². The Kier molecular flexibility index (Phi) is 5.43. The highest BCUT2D eigenvalue weighted by atomic mass is 32.2. The van der Waals surface area contributed by atoms with E-state index in [1.54, 1.807) is 0 Å². The van der Waals surface area contributed by atoms with E-state index < -0.39 is 10.0 Å². The molecule has 1 aliphatic carbocycles. The largest absolute Gasteiger partial charge is 0.383 e. The van der Waals surface area contributed by atoms with Crippen molar-refractivity contribution in [1.29, 1.82) is 0 Å². The molecule has 1 saturated carbocycles. The van der Waals surface area contributed by atoms with Crippen LogP contribution in [0.1, 0.15) is 36.4 Å². The van der Waals surface area contributed by atoms with Crippen LogP contribution < -0.4 is 10.9 Å². The monoisotopic (exact) mass is 454 g/mol. The minimum absolute atomic E-state index is 0.0800. The lowest BCUT2D eigenvalue weighted by atomic mass is 9.79. The molecule has 0 unspecified atom stereocenters. The highest BCUT2D eigenvalue weighted by molar-refractivity contribution is 7.89. The fourth-order valence-electron chi connectivity index (χ4n) is 5.03. The molecule has 0 spiro atoms. The van der Waals surface area contributed by atoms with E-state index >= 15 is 0 Å². The molecule has 170 valence electrons. The van der Waals surface area contributed by atoms with Crippen LogP contribution in [-0.4, -0.2) is 53.2 Å². The first-order valence-electron chi connectivity index (χ1n) is 11.2. The third kappa shape index (κ3) is 4.24. The summed E-state index contributed by atoms with van der Waals surface area (Å²) in [5, 5.41) is 6.07. The number of aryl methyl sites for hydroxylation is 2. The molecule has 0 amide bonds. The van der Waals surface area contributed by atoms with Crippen molar-refractivity contribution in [2.24, 2.45) is 11.1 Å². The molecule has 9 heteroatoms. The maximum Gasteiger partial charge on any atom is 0.209 e. The number of nitrogens with zero attached hydrogens (tertiary/aromatic N) is 4. The van der Waals surface area contributed by atoms with Crippen molar-refractivity contribution in [2.75, 3.05) is 31.1 Å². The van der Waals surface area contributed by atoms with E-state index in [0.717, 1.165) is 52.0 Å². The zero-order valence-electron chi connectivity index (χ0n) is 18.4. The number of sulfonamides is 1. The predicted molar refractivity (Wildman–Crippen MR) is 127 cm³/mol. The molecule has 3 aromatic rings. The van der Waals surface area contributed by atoms with Gasteiger partial charge >= 0.3 is 0 Å². The van der Waals surface area contributed by atoms with Crippen LogP contribution in [0.15, 0.2) is 30.7 Å². The van der Waals surface area contributed by atoms with Crippen molar-refractivity contribution >= 4 is 26.9 Å². The molecule has 4 N–H and O–H groups in total. The second kappa shape index (κ2) is 8.13. The molecule has 2 aliphatic rings. The first kappa shape index (κ1) is 21.4. The van der Waals surface area contributed by atoms with Gasteiger partial charge in [-0.25, -0.2) is 23.5 Å². The van der Waals surface area contributed by atoms with Gasteiger partial charge in [-0.05, 0) is 62.7 Å². The van der Waals surface area contributed by atoms with Crippen molar-refractivity contribution in [3.8, 4) is 11.1 Å². The molecule has 0 atom stereocenters. The van der Waals surface area contributed by atoms with Gasteiger partial charge in [-0.3, -0.25) is 0 Å². The van der Waals surface area contributed by atoms with E-state index in [4.69, 9.17) is 10.9 Å². The number of anilines is 1.